The van der Waals surface area contributed by atoms with Gasteiger partial charge in [0.25, 0.3) is 5.56 Å². The first kappa shape index (κ1) is 8.80. The molecule has 3 N–H and O–H groups in total. The van der Waals surface area contributed by atoms with Gasteiger partial charge in [0, 0.05) is 12.3 Å². The molecular formula is C9H12N4O. The number of nitrogens with one attached hydrogen (secondary N) is 1. The van der Waals surface area contributed by atoms with Crippen LogP contribution >= 0.6 is 0 Å². The van der Waals surface area contributed by atoms with Gasteiger partial charge in [-0.3, -0.25) is 9.89 Å². The summed E-state index contributed by atoms with van der Waals surface area (Å²) in [5.41, 5.74) is 7.61. The molecule has 0 aliphatic heterocycles. The van der Waals surface area contributed by atoms with Crippen molar-refractivity contribution in [2.45, 2.75) is 19.8 Å². The van der Waals surface area contributed by atoms with Gasteiger partial charge in [0.15, 0.2) is 5.65 Å². The van der Waals surface area contributed by atoms with E-state index in [0.717, 1.165) is 5.69 Å². The molecule has 0 aliphatic carbocycles. The van der Waals surface area contributed by atoms with Crippen LogP contribution in [0.15, 0.2) is 17.1 Å². The number of fused-ring (bicyclic) bond motifs is 1. The van der Waals surface area contributed by atoms with E-state index >= 15 is 0 Å². The molecule has 74 valence electrons. The smallest absolute Gasteiger partial charge is 0.272 e. The van der Waals surface area contributed by atoms with E-state index in [-0.39, 0.29) is 11.5 Å². The average Bonchev–Trinajstić information content (AvgIpc) is 2.46. The second-order valence-corrected chi connectivity index (χ2v) is 3.54. The van der Waals surface area contributed by atoms with Crippen LogP contribution in [0, 0.1) is 0 Å². The minimum absolute atomic E-state index is 0.145. The highest BCUT2D eigenvalue weighted by Gasteiger charge is 2.12. The van der Waals surface area contributed by atoms with E-state index < -0.39 is 0 Å². The number of rotatable bonds is 1. The van der Waals surface area contributed by atoms with Crippen LogP contribution in [0.5, 0.6) is 0 Å². The molecule has 0 saturated heterocycles. The van der Waals surface area contributed by atoms with Gasteiger partial charge in [-0.2, -0.15) is 4.52 Å². The van der Waals surface area contributed by atoms with E-state index in [9.17, 15) is 4.79 Å². The van der Waals surface area contributed by atoms with Crippen molar-refractivity contribution < 1.29 is 0 Å². The van der Waals surface area contributed by atoms with Gasteiger partial charge in [-0.15, -0.1) is 0 Å². The van der Waals surface area contributed by atoms with Crippen LogP contribution in [-0.4, -0.2) is 14.6 Å². The Morgan fingerprint density at radius 1 is 1.57 bits per heavy atom. The molecule has 0 spiro atoms. The second-order valence-electron chi connectivity index (χ2n) is 3.54. The van der Waals surface area contributed by atoms with Gasteiger partial charge in [-0.25, -0.2) is 4.98 Å². The third-order valence-electron chi connectivity index (χ3n) is 2.19. The summed E-state index contributed by atoms with van der Waals surface area (Å²) in [6.07, 6.45) is 1.46. The summed E-state index contributed by atoms with van der Waals surface area (Å²) in [4.78, 5) is 15.5. The van der Waals surface area contributed by atoms with Crippen LogP contribution in [0.3, 0.4) is 0 Å². The number of nitrogens with two attached hydrogens (primary N) is 1. The van der Waals surface area contributed by atoms with Gasteiger partial charge in [0.1, 0.15) is 0 Å². The van der Waals surface area contributed by atoms with Crippen molar-refractivity contribution in [1.82, 2.24) is 14.6 Å². The summed E-state index contributed by atoms with van der Waals surface area (Å²) in [5.74, 6) is 0.246. The fraction of sp³-hybridized carbons (Fsp3) is 0.333. The predicted octanol–water partition coefficient (Wildman–Crippen LogP) is 0.728. The Bertz CT molecular complexity index is 523. The molecule has 5 heteroatoms. The van der Waals surface area contributed by atoms with Gasteiger partial charge in [0.05, 0.1) is 11.4 Å². The zero-order valence-electron chi connectivity index (χ0n) is 8.11. The molecule has 0 aliphatic rings. The van der Waals surface area contributed by atoms with Crippen molar-refractivity contribution in [3.05, 3.63) is 28.3 Å². The normalized spacial score (nSPS) is 11.4. The van der Waals surface area contributed by atoms with Crippen molar-refractivity contribution in [2.75, 3.05) is 5.73 Å². The first-order valence-electron chi connectivity index (χ1n) is 4.46. The van der Waals surface area contributed by atoms with E-state index in [2.05, 4.69) is 10.1 Å². The number of anilines is 1. The number of hydrogen-bond donors (Lipinski definition) is 2. The molecule has 5 nitrogen and oxygen atoms in total. The van der Waals surface area contributed by atoms with Gasteiger partial charge in [-0.05, 0) is 5.92 Å². The Balaban J connectivity index is 2.86. The molecule has 0 radical (unpaired) electrons. The van der Waals surface area contributed by atoms with Crippen molar-refractivity contribution in [3.8, 4) is 0 Å². The average molecular weight is 192 g/mol. The molecule has 2 heterocycles. The van der Waals surface area contributed by atoms with Crippen molar-refractivity contribution in [3.63, 3.8) is 0 Å². The maximum atomic E-state index is 11.4. The van der Waals surface area contributed by atoms with Crippen LogP contribution in [0.2, 0.25) is 0 Å². The first-order valence-corrected chi connectivity index (χ1v) is 4.46. The summed E-state index contributed by atoms with van der Waals surface area (Å²) in [7, 11) is 0. The van der Waals surface area contributed by atoms with E-state index in [1.807, 2.05) is 13.8 Å². The number of nitrogens with zero attached hydrogens (tertiary/aromatic N) is 2. The molecule has 2 aromatic rings. The summed E-state index contributed by atoms with van der Waals surface area (Å²) in [5, 5.41) is 2.95. The lowest BCUT2D eigenvalue weighted by atomic mass is 10.1. The Kier molecular flexibility index (Phi) is 1.80. The third-order valence-corrected chi connectivity index (χ3v) is 2.19. The van der Waals surface area contributed by atoms with Gasteiger partial charge in [0.2, 0.25) is 0 Å². The second kappa shape index (κ2) is 2.87. The van der Waals surface area contributed by atoms with Crippen molar-refractivity contribution in [2.24, 2.45) is 0 Å². The topological polar surface area (TPSA) is 76.2 Å². The number of aromatic amines is 1. The van der Waals surface area contributed by atoms with Crippen molar-refractivity contribution in [1.29, 1.82) is 0 Å². The molecular weight excluding hydrogens is 180 g/mol. The minimum atomic E-state index is -0.145. The molecule has 0 fully saturated rings. The van der Waals surface area contributed by atoms with Crippen LogP contribution in [0.1, 0.15) is 25.5 Å². The Morgan fingerprint density at radius 3 is 2.86 bits per heavy atom. The van der Waals surface area contributed by atoms with Gasteiger partial charge < -0.3 is 5.73 Å². The highest BCUT2D eigenvalue weighted by molar-refractivity contribution is 5.67. The molecule has 14 heavy (non-hydrogen) atoms. The van der Waals surface area contributed by atoms with Crippen LogP contribution in [0.4, 0.5) is 5.69 Å². The molecule has 0 bridgehead atoms. The minimum Gasteiger partial charge on any atom is -0.394 e. The summed E-state index contributed by atoms with van der Waals surface area (Å²) in [6.45, 7) is 4.01. The summed E-state index contributed by atoms with van der Waals surface area (Å²) < 4.78 is 1.37. The maximum Gasteiger partial charge on any atom is 0.272 e. The van der Waals surface area contributed by atoms with E-state index in [1.54, 1.807) is 0 Å². The predicted molar refractivity (Wildman–Crippen MR) is 54.3 cm³/mol. The lowest BCUT2D eigenvalue weighted by molar-refractivity contribution is 0.778. The number of nitrogen functional groups attached to an aromatic ring is 1. The standard InChI is InChI=1S/C9H12N4O/c1-5(2)8-7(10)9-11-4-3-6(14)13(9)12-8/h3-5,12H,10H2,1-2H3. The molecule has 0 atom stereocenters. The zero-order valence-corrected chi connectivity index (χ0v) is 8.11. The van der Waals surface area contributed by atoms with E-state index in [4.69, 9.17) is 5.73 Å². The lowest BCUT2D eigenvalue weighted by Crippen LogP contribution is -2.12. The lowest BCUT2D eigenvalue weighted by Gasteiger charge is -2.00. The van der Waals surface area contributed by atoms with Gasteiger partial charge in [-0.1, -0.05) is 13.8 Å². The Hall–Kier alpha value is -1.78. The van der Waals surface area contributed by atoms with Gasteiger partial charge >= 0.3 is 0 Å². The number of hydrogen-bond acceptors (Lipinski definition) is 3. The molecule has 0 unspecified atom stereocenters. The Labute approximate surface area is 80.6 Å². The number of aromatic nitrogens is 3. The fourth-order valence-electron chi connectivity index (χ4n) is 1.45. The molecule has 2 aromatic heterocycles. The summed E-state index contributed by atoms with van der Waals surface area (Å²) in [6, 6.07) is 1.40. The molecule has 0 saturated carbocycles. The van der Waals surface area contributed by atoms with Crippen molar-refractivity contribution >= 4 is 11.3 Å². The van der Waals surface area contributed by atoms with E-state index in [0.29, 0.717) is 11.3 Å². The highest BCUT2D eigenvalue weighted by Crippen LogP contribution is 2.22. The third kappa shape index (κ3) is 1.09. The molecule has 2 rings (SSSR count). The quantitative estimate of drug-likeness (QED) is 0.699. The number of H-pyrrole nitrogens is 1. The Morgan fingerprint density at radius 2 is 2.29 bits per heavy atom. The van der Waals surface area contributed by atoms with E-state index in [1.165, 1.54) is 16.8 Å². The van der Waals surface area contributed by atoms with Crippen LogP contribution in [0.25, 0.3) is 5.65 Å². The fourth-order valence-corrected chi connectivity index (χ4v) is 1.45. The SMILES string of the molecule is CC(C)c1[nH]n2c(=O)ccnc2c1N. The summed E-state index contributed by atoms with van der Waals surface area (Å²) >= 11 is 0. The first-order chi connectivity index (χ1) is 6.61. The highest BCUT2D eigenvalue weighted by atomic mass is 16.1. The molecule has 0 aromatic carbocycles. The zero-order chi connectivity index (χ0) is 10.3. The largest absolute Gasteiger partial charge is 0.394 e. The van der Waals surface area contributed by atoms with Crippen LogP contribution < -0.4 is 11.3 Å². The van der Waals surface area contributed by atoms with Crippen LogP contribution in [-0.2, 0) is 0 Å². The molecule has 0 amide bonds. The monoisotopic (exact) mass is 192 g/mol. The maximum absolute atomic E-state index is 11.4.